The number of aromatic nitrogens is 4. The first-order valence-corrected chi connectivity index (χ1v) is 8.61. The Morgan fingerprint density at radius 2 is 2.27 bits per heavy atom. The number of amides is 1. The van der Waals surface area contributed by atoms with E-state index in [1.807, 2.05) is 41.8 Å². The summed E-state index contributed by atoms with van der Waals surface area (Å²) in [7, 11) is 0. The van der Waals surface area contributed by atoms with Gasteiger partial charge in [0, 0.05) is 16.6 Å². The van der Waals surface area contributed by atoms with Crippen LogP contribution in [0.2, 0.25) is 0 Å². The SMILES string of the molecule is Cc1cc2nnc(SCC(=O)NCc3cccs3)n2c(C)n1. The summed E-state index contributed by atoms with van der Waals surface area (Å²) >= 11 is 2.99. The average Bonchev–Trinajstić information content (AvgIpc) is 3.12. The highest BCUT2D eigenvalue weighted by Gasteiger charge is 2.12. The standard InChI is InChI=1S/C14H15N5OS2/c1-9-6-12-17-18-14(19(12)10(2)16-9)22-8-13(20)15-7-11-4-3-5-21-11/h3-6H,7-8H2,1-2H3,(H,15,20). The highest BCUT2D eigenvalue weighted by molar-refractivity contribution is 7.99. The number of nitrogens with one attached hydrogen (secondary N) is 1. The van der Waals surface area contributed by atoms with Crippen molar-refractivity contribution in [2.45, 2.75) is 25.5 Å². The molecule has 0 atom stereocenters. The van der Waals surface area contributed by atoms with E-state index in [1.54, 1.807) is 11.3 Å². The Morgan fingerprint density at radius 3 is 3.05 bits per heavy atom. The number of thiophene rings is 1. The molecule has 0 spiro atoms. The molecule has 0 saturated carbocycles. The van der Waals surface area contributed by atoms with E-state index in [1.165, 1.54) is 11.8 Å². The zero-order valence-corrected chi connectivity index (χ0v) is 13.9. The maximum atomic E-state index is 11.9. The molecule has 1 amide bonds. The van der Waals surface area contributed by atoms with Gasteiger partial charge in [-0.2, -0.15) is 0 Å². The number of carbonyl (C=O) groups excluding carboxylic acids is 1. The molecule has 0 aliphatic rings. The van der Waals surface area contributed by atoms with Crippen molar-refractivity contribution in [1.29, 1.82) is 0 Å². The number of fused-ring (bicyclic) bond motifs is 1. The molecule has 22 heavy (non-hydrogen) atoms. The summed E-state index contributed by atoms with van der Waals surface area (Å²) in [6.07, 6.45) is 0. The topological polar surface area (TPSA) is 72.2 Å². The predicted molar refractivity (Wildman–Crippen MR) is 87.1 cm³/mol. The number of rotatable bonds is 5. The first-order chi connectivity index (χ1) is 10.6. The van der Waals surface area contributed by atoms with Crippen molar-refractivity contribution in [1.82, 2.24) is 24.9 Å². The Balaban J connectivity index is 1.63. The van der Waals surface area contributed by atoms with Crippen LogP contribution in [0.3, 0.4) is 0 Å². The molecule has 3 aromatic heterocycles. The number of aryl methyl sites for hydroxylation is 2. The first kappa shape index (κ1) is 15.0. The van der Waals surface area contributed by atoms with E-state index in [0.717, 1.165) is 22.0 Å². The van der Waals surface area contributed by atoms with Gasteiger partial charge in [0.05, 0.1) is 12.3 Å². The van der Waals surface area contributed by atoms with Gasteiger partial charge in [0.15, 0.2) is 10.8 Å². The maximum Gasteiger partial charge on any atom is 0.230 e. The van der Waals surface area contributed by atoms with E-state index in [0.29, 0.717) is 17.5 Å². The van der Waals surface area contributed by atoms with Gasteiger partial charge in [0.1, 0.15) is 5.82 Å². The van der Waals surface area contributed by atoms with Crippen LogP contribution >= 0.6 is 23.1 Å². The monoisotopic (exact) mass is 333 g/mol. The van der Waals surface area contributed by atoms with Crippen molar-refractivity contribution < 1.29 is 4.79 Å². The molecule has 6 nitrogen and oxygen atoms in total. The smallest absolute Gasteiger partial charge is 0.230 e. The zero-order chi connectivity index (χ0) is 15.5. The fourth-order valence-corrected chi connectivity index (χ4v) is 3.54. The van der Waals surface area contributed by atoms with Crippen molar-refractivity contribution in [3.05, 3.63) is 40.0 Å². The summed E-state index contributed by atoms with van der Waals surface area (Å²) in [5.74, 6) is 1.11. The minimum absolute atomic E-state index is 0.0205. The Labute approximate surface area is 136 Å². The maximum absolute atomic E-state index is 11.9. The van der Waals surface area contributed by atoms with Gasteiger partial charge in [-0.05, 0) is 25.3 Å². The number of carbonyl (C=O) groups is 1. The second-order valence-corrected chi connectivity index (χ2v) is 6.74. The fourth-order valence-electron chi connectivity index (χ4n) is 2.08. The molecule has 0 fully saturated rings. The van der Waals surface area contributed by atoms with Crippen LogP contribution in [0.5, 0.6) is 0 Å². The van der Waals surface area contributed by atoms with Crippen LogP contribution in [-0.2, 0) is 11.3 Å². The lowest BCUT2D eigenvalue weighted by Crippen LogP contribution is -2.24. The molecule has 3 heterocycles. The minimum Gasteiger partial charge on any atom is -0.350 e. The van der Waals surface area contributed by atoms with E-state index in [-0.39, 0.29) is 5.91 Å². The average molecular weight is 333 g/mol. The Hall–Kier alpha value is -1.93. The molecule has 1 N–H and O–H groups in total. The van der Waals surface area contributed by atoms with Crippen molar-refractivity contribution in [3.63, 3.8) is 0 Å². The van der Waals surface area contributed by atoms with Crippen LogP contribution < -0.4 is 5.32 Å². The lowest BCUT2D eigenvalue weighted by molar-refractivity contribution is -0.118. The van der Waals surface area contributed by atoms with Crippen molar-refractivity contribution >= 4 is 34.7 Å². The molecule has 0 unspecified atom stereocenters. The summed E-state index contributed by atoms with van der Waals surface area (Å²) < 4.78 is 1.87. The van der Waals surface area contributed by atoms with E-state index >= 15 is 0 Å². The van der Waals surface area contributed by atoms with Crippen LogP contribution in [0, 0.1) is 13.8 Å². The predicted octanol–water partition coefficient (Wildman–Crippen LogP) is 2.21. The molecule has 0 saturated heterocycles. The van der Waals surface area contributed by atoms with Crippen LogP contribution in [-0.4, -0.2) is 31.2 Å². The normalized spacial score (nSPS) is 11.0. The lowest BCUT2D eigenvalue weighted by Gasteiger charge is -2.05. The third kappa shape index (κ3) is 3.28. The van der Waals surface area contributed by atoms with Gasteiger partial charge in [0.25, 0.3) is 0 Å². The number of nitrogens with zero attached hydrogens (tertiary/aromatic N) is 4. The molecule has 0 aliphatic heterocycles. The first-order valence-electron chi connectivity index (χ1n) is 6.75. The van der Waals surface area contributed by atoms with Crippen LogP contribution in [0.15, 0.2) is 28.7 Å². The molecule has 0 aromatic carbocycles. The second kappa shape index (κ2) is 6.45. The summed E-state index contributed by atoms with van der Waals surface area (Å²) in [5, 5.41) is 13.8. The number of hydrogen-bond acceptors (Lipinski definition) is 6. The van der Waals surface area contributed by atoms with E-state index in [2.05, 4.69) is 20.5 Å². The molecule has 0 aliphatic carbocycles. The van der Waals surface area contributed by atoms with Gasteiger partial charge in [0.2, 0.25) is 5.91 Å². The Morgan fingerprint density at radius 1 is 1.41 bits per heavy atom. The number of thioether (sulfide) groups is 1. The van der Waals surface area contributed by atoms with E-state index in [4.69, 9.17) is 0 Å². The van der Waals surface area contributed by atoms with Crippen molar-refractivity contribution in [3.8, 4) is 0 Å². The summed E-state index contributed by atoms with van der Waals surface area (Å²) in [5.41, 5.74) is 1.66. The summed E-state index contributed by atoms with van der Waals surface area (Å²) in [6, 6.07) is 5.85. The number of hydrogen-bond donors (Lipinski definition) is 1. The molecule has 8 heteroatoms. The molecule has 3 aromatic rings. The third-order valence-electron chi connectivity index (χ3n) is 3.03. The quantitative estimate of drug-likeness (QED) is 0.725. The van der Waals surface area contributed by atoms with Gasteiger partial charge < -0.3 is 5.32 Å². The largest absolute Gasteiger partial charge is 0.350 e. The molecule has 3 rings (SSSR count). The molecular weight excluding hydrogens is 318 g/mol. The van der Waals surface area contributed by atoms with Crippen LogP contribution in [0.1, 0.15) is 16.4 Å². The lowest BCUT2D eigenvalue weighted by atomic mass is 10.4. The highest BCUT2D eigenvalue weighted by Crippen LogP contribution is 2.18. The Kier molecular flexibility index (Phi) is 4.39. The molecule has 0 radical (unpaired) electrons. The van der Waals surface area contributed by atoms with Gasteiger partial charge in [-0.15, -0.1) is 21.5 Å². The molecular formula is C14H15N5OS2. The van der Waals surface area contributed by atoms with Crippen LogP contribution in [0.4, 0.5) is 0 Å². The zero-order valence-electron chi connectivity index (χ0n) is 12.2. The van der Waals surface area contributed by atoms with Crippen LogP contribution in [0.25, 0.3) is 5.65 Å². The summed E-state index contributed by atoms with van der Waals surface area (Å²) in [4.78, 5) is 17.5. The van der Waals surface area contributed by atoms with Gasteiger partial charge in [-0.25, -0.2) is 4.98 Å². The van der Waals surface area contributed by atoms with E-state index < -0.39 is 0 Å². The molecule has 0 bridgehead atoms. The highest BCUT2D eigenvalue weighted by atomic mass is 32.2. The minimum atomic E-state index is -0.0205. The fraction of sp³-hybridized carbons (Fsp3) is 0.286. The van der Waals surface area contributed by atoms with Gasteiger partial charge in [-0.3, -0.25) is 9.20 Å². The Bertz CT molecular complexity index is 797. The van der Waals surface area contributed by atoms with E-state index in [9.17, 15) is 4.79 Å². The summed E-state index contributed by atoms with van der Waals surface area (Å²) in [6.45, 7) is 4.40. The second-order valence-electron chi connectivity index (χ2n) is 4.77. The van der Waals surface area contributed by atoms with Gasteiger partial charge >= 0.3 is 0 Å². The molecule has 114 valence electrons. The third-order valence-corrected chi connectivity index (χ3v) is 4.84. The van der Waals surface area contributed by atoms with Gasteiger partial charge in [-0.1, -0.05) is 17.8 Å². The van der Waals surface area contributed by atoms with Crippen molar-refractivity contribution in [2.24, 2.45) is 0 Å². The van der Waals surface area contributed by atoms with Crippen molar-refractivity contribution in [2.75, 3.05) is 5.75 Å².